The zero-order chi connectivity index (χ0) is 82.4. The highest BCUT2D eigenvalue weighted by atomic mass is 35.5. The van der Waals surface area contributed by atoms with Gasteiger partial charge in [-0.2, -0.15) is 0 Å². The van der Waals surface area contributed by atoms with Crippen LogP contribution >= 0.6 is 11.6 Å². The summed E-state index contributed by atoms with van der Waals surface area (Å²) in [4.78, 5) is 122. The number of carbonyl (C=O) groups is 8. The molecule has 8 amide bonds. The van der Waals surface area contributed by atoms with E-state index in [9.17, 15) is 60.3 Å². The van der Waals surface area contributed by atoms with Crippen molar-refractivity contribution in [3.63, 3.8) is 0 Å². The molecule has 36 nitrogen and oxygen atoms in total. The van der Waals surface area contributed by atoms with Crippen LogP contribution in [0.1, 0.15) is 145 Å². The maximum Gasteiger partial charge on any atom is 0.248 e. The van der Waals surface area contributed by atoms with Crippen LogP contribution in [-0.2, 0) is 62.0 Å². The number of aliphatic hydroxyl groups is 6. The number of aliphatic hydroxyl groups excluding tert-OH is 6. The quantitative estimate of drug-likeness (QED) is 0.0630. The lowest BCUT2D eigenvalue weighted by molar-refractivity contribution is -0.333. The van der Waals surface area contributed by atoms with Crippen LogP contribution in [0.2, 0.25) is 5.02 Å². The van der Waals surface area contributed by atoms with Gasteiger partial charge < -0.3 is 144 Å². The van der Waals surface area contributed by atoms with Crippen LogP contribution in [0, 0.1) is 5.92 Å². The minimum absolute atomic E-state index is 0.0215. The van der Waals surface area contributed by atoms with E-state index in [0.717, 1.165) is 48.9 Å². The fraction of sp³-hybridized carbons (Fsp3) is 0.506. The second kappa shape index (κ2) is 34.1. The highest BCUT2D eigenvalue weighted by molar-refractivity contribution is 6.32. The van der Waals surface area contributed by atoms with E-state index in [2.05, 4.69) is 42.5 Å². The molecule has 3 saturated heterocycles. The highest BCUT2D eigenvalue weighted by Crippen LogP contribution is 2.50. The number of benzene rings is 5. The third-order valence-electron chi connectivity index (χ3n) is 21.5. The van der Waals surface area contributed by atoms with E-state index >= 15 is 24.0 Å². The van der Waals surface area contributed by atoms with Crippen molar-refractivity contribution in [2.24, 2.45) is 23.1 Å². The molecule has 9 aliphatic rings. The Hall–Kier alpha value is -9.61. The normalized spacial score (nSPS) is 32.3. The Bertz CT molecular complexity index is 4480. The molecule has 0 radical (unpaired) electrons. The summed E-state index contributed by atoms with van der Waals surface area (Å²) in [5.41, 5.74) is 14.4. The summed E-state index contributed by atoms with van der Waals surface area (Å²) in [6.07, 6.45) is -20.3. The lowest BCUT2D eigenvalue weighted by Crippen LogP contribution is -2.64. The minimum Gasteiger partial charge on any atom is -0.508 e. The molecule has 37 heteroatoms. The summed E-state index contributed by atoms with van der Waals surface area (Å²) >= 11 is 7.17. The summed E-state index contributed by atoms with van der Waals surface area (Å²) in [6, 6.07) is 2.50. The molecule has 0 aromatic heterocycles. The number of halogens is 1. The number of hydrogen-bond donors (Lipinski definition) is 20. The van der Waals surface area contributed by atoms with Crippen molar-refractivity contribution < 1.29 is 122 Å². The van der Waals surface area contributed by atoms with Gasteiger partial charge in [-0.15, -0.1) is 0 Å². The number of nitrogens with two attached hydrogens (primary N) is 3. The number of phenols is 3. The second-order valence-corrected chi connectivity index (χ2v) is 31.3. The molecule has 1 aliphatic carbocycles. The summed E-state index contributed by atoms with van der Waals surface area (Å²) < 4.78 is 52.1. The van der Waals surface area contributed by atoms with Crippen molar-refractivity contribution in [2.75, 3.05) is 13.7 Å². The largest absolute Gasteiger partial charge is 0.508 e. The number of amides is 8. The van der Waals surface area contributed by atoms with Crippen LogP contribution in [0.5, 0.6) is 46.0 Å². The highest BCUT2D eigenvalue weighted by Gasteiger charge is 2.53. The standard InChI is InChI=1S/C77H96ClN11O25/c1-30(2)19-43(82-7)68(100)88-58-60(95)35-14-18-47(42(78)21-35)110-49-23-36-22-48(64(49)114-75-65(62(97)61(96)50(29-90)111-75)113-53-28-77(6,81)67(99)32(4)108-53)109-39-15-11-33(12-16-39)63(112-52-27-76(5,80)66(98)31(3)107-52)59-74(106)87-57(72(104)83-37-9-8-10-37)41-24-38(91)25-46(93)54(41)40-20-34(13-17-45(40)92)55(70(102)89-59)86-71(103)56(36)85-69(101)44(26-51(79)94)84-73(58)105/h11-18,20-25,30-32,37,43-44,50,52-53,55-63,65-67,75,82,90-93,95-99H,8-10,19,26-29,80-81H2,1-7H3,(H2,79,94)(H,83,104)(H,84,105)(H,85,101)(H,86,103)(H,87,106)(H,88,100)(H,89,102)/t31-,32-,43+,44-,50+,52-,53-,55+,56+,57-,58+,59-,60+,61+,62-,63+,65+,66-,67-,75-,76-,77-/m0/s1. The number of ether oxygens (including phenoxy) is 8. The summed E-state index contributed by atoms with van der Waals surface area (Å²) in [7, 11) is 1.49. The van der Waals surface area contributed by atoms with Crippen molar-refractivity contribution in [2.45, 2.75) is 226 Å². The molecule has 8 heterocycles. The fourth-order valence-corrected chi connectivity index (χ4v) is 15.3. The van der Waals surface area contributed by atoms with Gasteiger partial charge >= 0.3 is 0 Å². The van der Waals surface area contributed by atoms with Crippen LogP contribution in [0.25, 0.3) is 11.1 Å². The first-order valence-corrected chi connectivity index (χ1v) is 37.7. The second-order valence-electron chi connectivity index (χ2n) is 30.9. The maximum atomic E-state index is 16.5. The molecule has 0 spiro atoms. The van der Waals surface area contributed by atoms with Gasteiger partial charge in [-0.25, -0.2) is 0 Å². The third kappa shape index (κ3) is 17.9. The predicted octanol–water partition coefficient (Wildman–Crippen LogP) is 0.274. The average molecular weight is 1610 g/mol. The summed E-state index contributed by atoms with van der Waals surface area (Å²) in [5.74, 6) is -13.8. The van der Waals surface area contributed by atoms with Gasteiger partial charge in [0, 0.05) is 47.2 Å². The van der Waals surface area contributed by atoms with Gasteiger partial charge in [-0.1, -0.05) is 49.7 Å². The molecular formula is C77H96ClN11O25. The van der Waals surface area contributed by atoms with Crippen molar-refractivity contribution in [1.29, 1.82) is 0 Å². The van der Waals surface area contributed by atoms with Crippen LogP contribution in [0.4, 0.5) is 0 Å². The van der Waals surface area contributed by atoms with Crippen LogP contribution < -0.4 is 73.9 Å². The number of rotatable bonds is 16. The van der Waals surface area contributed by atoms with E-state index < -0.39 is 240 Å². The first kappa shape index (κ1) is 83.8. The molecular weight excluding hydrogens is 1510 g/mol. The van der Waals surface area contributed by atoms with Gasteiger partial charge in [0.2, 0.25) is 59.3 Å². The Morgan fingerprint density at radius 1 is 0.667 bits per heavy atom. The molecule has 0 unspecified atom stereocenters. The molecule has 4 fully saturated rings. The van der Waals surface area contributed by atoms with Gasteiger partial charge in [0.05, 0.1) is 48.5 Å². The number of nitrogens with one attached hydrogen (secondary N) is 8. The first-order chi connectivity index (χ1) is 53.9. The molecule has 1 saturated carbocycles. The average Bonchev–Trinajstić information content (AvgIpc) is 0.763. The van der Waals surface area contributed by atoms with Crippen molar-refractivity contribution in [3.8, 4) is 57.1 Å². The van der Waals surface area contributed by atoms with E-state index in [0.29, 0.717) is 12.8 Å². The number of primary amides is 1. The number of hydrogen-bond acceptors (Lipinski definition) is 28. The van der Waals surface area contributed by atoms with Gasteiger partial charge in [0.1, 0.15) is 95.5 Å². The number of aromatic hydroxyl groups is 3. The molecule has 14 rings (SSSR count). The Kier molecular flexibility index (Phi) is 25.0. The number of fused-ring (bicyclic) bond motifs is 15. The molecule has 5 aromatic rings. The Morgan fingerprint density at radius 3 is 1.89 bits per heavy atom. The Labute approximate surface area is 658 Å². The van der Waals surface area contributed by atoms with E-state index in [1.54, 1.807) is 0 Å². The lowest BCUT2D eigenvalue weighted by atomic mass is 9.86. The van der Waals surface area contributed by atoms with E-state index in [-0.39, 0.29) is 75.1 Å². The van der Waals surface area contributed by atoms with Crippen LogP contribution in [-0.4, -0.2) is 216 Å². The summed E-state index contributed by atoms with van der Waals surface area (Å²) in [6.45, 7) is 8.78. The van der Waals surface area contributed by atoms with E-state index in [4.69, 9.17) is 66.7 Å². The van der Waals surface area contributed by atoms with Crippen LogP contribution in [0.15, 0.2) is 84.9 Å². The Balaban J connectivity index is 1.11. The topological polar surface area (TPSA) is 567 Å². The number of phenolic OH excluding ortho intramolecular Hbond substituents is 3. The van der Waals surface area contributed by atoms with E-state index in [1.807, 2.05) is 13.8 Å². The third-order valence-corrected chi connectivity index (χ3v) is 21.8. The molecule has 616 valence electrons. The SMILES string of the molecule is CN[C@H](CC(C)C)C(=O)N[C@H]1C(=O)N[C@@H](CC(N)=O)C(=O)N[C@H]2C(=O)N[C@H]3C(=O)N[C@H](C(=O)N[C@H](C(=O)NC4CCC4)c4cc(O)cc(O)c4-c4cc3ccc4O)[C@H](O[C@H]3C[C@](C)(N)[C@@H](O)[C@H](C)O3)c3ccc(cc3)Oc3cc2cc(c3O[C@@H]2O[C@H](CO)[C@@H](O)[C@H](O)[C@H]2O[C@H]2C[C@](C)(N)[C@@H](O)[C@H](C)O2)Oc2ccc(cc2Cl)[C@H]1O. The van der Waals surface area contributed by atoms with Gasteiger partial charge in [0.15, 0.2) is 30.2 Å². The molecule has 11 bridgehead atoms. The van der Waals surface area contributed by atoms with Crippen LogP contribution in [0.3, 0.4) is 0 Å². The van der Waals surface area contributed by atoms with Crippen molar-refractivity contribution in [3.05, 3.63) is 118 Å². The zero-order valence-electron chi connectivity index (χ0n) is 63.1. The van der Waals surface area contributed by atoms with Crippen molar-refractivity contribution >= 4 is 58.9 Å². The van der Waals surface area contributed by atoms with Gasteiger partial charge in [-0.05, 0) is 149 Å². The minimum atomic E-state index is -2.32. The lowest BCUT2D eigenvalue weighted by Gasteiger charge is -2.47. The predicted molar refractivity (Wildman–Crippen MR) is 399 cm³/mol. The smallest absolute Gasteiger partial charge is 0.248 e. The monoisotopic (exact) mass is 1610 g/mol. The molecule has 8 aliphatic heterocycles. The van der Waals surface area contributed by atoms with E-state index in [1.165, 1.54) is 77.2 Å². The number of carbonyl (C=O) groups excluding carboxylic acids is 8. The Morgan fingerprint density at radius 2 is 1.28 bits per heavy atom. The zero-order valence-corrected chi connectivity index (χ0v) is 63.9. The maximum absolute atomic E-state index is 16.5. The van der Waals surface area contributed by atoms with Gasteiger partial charge in [-0.3, -0.25) is 38.4 Å². The fourth-order valence-electron chi connectivity index (χ4n) is 15.1. The first-order valence-electron chi connectivity index (χ1n) is 37.3. The number of likely N-dealkylation sites (N-methyl/N-ethyl adjacent to an activating group) is 1. The molecule has 5 aromatic carbocycles. The summed E-state index contributed by atoms with van der Waals surface area (Å²) in [5, 5.41) is 126. The molecule has 114 heavy (non-hydrogen) atoms. The van der Waals surface area contributed by atoms with Gasteiger partial charge in [0.25, 0.3) is 0 Å². The molecule has 22 atom stereocenters. The van der Waals surface area contributed by atoms with Crippen molar-refractivity contribution in [1.82, 2.24) is 42.5 Å². The molecule has 23 N–H and O–H groups in total.